The van der Waals surface area contributed by atoms with Crippen LogP contribution in [0.15, 0.2) is 32.6 Å². The number of cyclic esters (lactones) is 1. The second-order valence-corrected chi connectivity index (χ2v) is 8.34. The molecule has 0 unspecified atom stereocenters. The highest BCUT2D eigenvalue weighted by Crippen LogP contribution is 2.21. The molecule has 2 heterocycles. The van der Waals surface area contributed by atoms with Gasteiger partial charge in [0.15, 0.2) is 5.16 Å². The zero-order valence-corrected chi connectivity index (χ0v) is 18.3. The van der Waals surface area contributed by atoms with Gasteiger partial charge in [-0.2, -0.15) is 0 Å². The average Bonchev–Trinajstić information content (AvgIpc) is 3.09. The maximum Gasteiger partial charge on any atom is 0.409 e. The van der Waals surface area contributed by atoms with E-state index < -0.39 is 0 Å². The minimum absolute atomic E-state index is 0.0339. The topological polar surface area (TPSA) is 73.7 Å². The molecule has 28 heavy (non-hydrogen) atoms. The van der Waals surface area contributed by atoms with Crippen molar-refractivity contribution in [3.8, 4) is 0 Å². The molecule has 0 spiro atoms. The normalized spacial score (nSPS) is 14.1. The van der Waals surface area contributed by atoms with Crippen molar-refractivity contribution < 1.29 is 14.3 Å². The van der Waals surface area contributed by atoms with E-state index in [0.29, 0.717) is 55.5 Å². The highest BCUT2D eigenvalue weighted by Gasteiger charge is 2.21. The Morgan fingerprint density at radius 1 is 1.29 bits per heavy atom. The second-order valence-electron chi connectivity index (χ2n) is 6.37. The molecule has 1 aromatic carbocycles. The van der Waals surface area contributed by atoms with E-state index in [4.69, 9.17) is 14.5 Å². The number of amides is 1. The van der Waals surface area contributed by atoms with E-state index in [9.17, 15) is 9.59 Å². The van der Waals surface area contributed by atoms with Crippen molar-refractivity contribution in [3.05, 3.63) is 33.0 Å². The fraction of sp³-hybridized carbons (Fsp3) is 0.526. The lowest BCUT2D eigenvalue weighted by atomic mass is 10.2. The first-order valence-electron chi connectivity index (χ1n) is 9.42. The van der Waals surface area contributed by atoms with Crippen LogP contribution in [0.5, 0.6) is 0 Å². The van der Waals surface area contributed by atoms with Gasteiger partial charge in [-0.05, 0) is 38.0 Å². The maximum absolute atomic E-state index is 13.0. The van der Waals surface area contributed by atoms with Crippen LogP contribution < -0.4 is 5.56 Å². The smallest absolute Gasteiger partial charge is 0.409 e. The summed E-state index contributed by atoms with van der Waals surface area (Å²) in [5, 5.41) is 1.32. The highest BCUT2D eigenvalue weighted by atomic mass is 79.9. The molecule has 9 heteroatoms. The standard InChI is InChI=1S/C19H24BrN3O4S/c1-2-26-10-3-8-23-17(24)15-13-14(20)5-6-16(15)21-18(23)28-12-4-7-22-9-11-27-19(22)25/h5-6,13H,2-4,7-12H2,1H3. The van der Waals surface area contributed by atoms with E-state index in [1.807, 2.05) is 25.1 Å². The van der Waals surface area contributed by atoms with Crippen LogP contribution in [0.25, 0.3) is 10.9 Å². The van der Waals surface area contributed by atoms with Crippen molar-refractivity contribution in [1.29, 1.82) is 0 Å². The number of hydrogen-bond donors (Lipinski definition) is 0. The summed E-state index contributed by atoms with van der Waals surface area (Å²) < 4.78 is 12.9. The number of fused-ring (bicyclic) bond motifs is 1. The van der Waals surface area contributed by atoms with Gasteiger partial charge in [0, 0.05) is 36.5 Å². The summed E-state index contributed by atoms with van der Waals surface area (Å²) in [5.41, 5.74) is 0.660. The van der Waals surface area contributed by atoms with Crippen LogP contribution in [0.1, 0.15) is 19.8 Å². The number of ether oxygens (including phenoxy) is 2. The Morgan fingerprint density at radius 3 is 2.89 bits per heavy atom. The number of nitrogens with zero attached hydrogens (tertiary/aromatic N) is 3. The molecule has 1 aliphatic heterocycles. The lowest BCUT2D eigenvalue weighted by Gasteiger charge is -2.14. The van der Waals surface area contributed by atoms with E-state index in [1.165, 1.54) is 0 Å². The lowest BCUT2D eigenvalue weighted by Crippen LogP contribution is -2.26. The van der Waals surface area contributed by atoms with Gasteiger partial charge >= 0.3 is 6.09 Å². The summed E-state index contributed by atoms with van der Waals surface area (Å²) in [7, 11) is 0. The molecule has 0 atom stereocenters. The van der Waals surface area contributed by atoms with E-state index in [0.717, 1.165) is 23.1 Å². The van der Waals surface area contributed by atoms with Gasteiger partial charge in [0.25, 0.3) is 5.56 Å². The Balaban J connectivity index is 1.73. The van der Waals surface area contributed by atoms with Gasteiger partial charge in [0.2, 0.25) is 0 Å². The summed E-state index contributed by atoms with van der Waals surface area (Å²) in [6.45, 7) is 5.57. The van der Waals surface area contributed by atoms with Crippen molar-refractivity contribution in [3.63, 3.8) is 0 Å². The average molecular weight is 470 g/mol. The van der Waals surface area contributed by atoms with Crippen LogP contribution in [0, 0.1) is 0 Å². The number of aromatic nitrogens is 2. The van der Waals surface area contributed by atoms with Gasteiger partial charge in [0.05, 0.1) is 17.4 Å². The van der Waals surface area contributed by atoms with Crippen molar-refractivity contribution in [1.82, 2.24) is 14.5 Å². The number of carbonyl (C=O) groups is 1. The van der Waals surface area contributed by atoms with Crippen molar-refractivity contribution in [2.24, 2.45) is 0 Å². The van der Waals surface area contributed by atoms with Gasteiger partial charge in [-0.1, -0.05) is 27.7 Å². The number of halogens is 1. The molecule has 2 aromatic rings. The molecule has 3 rings (SSSR count). The molecule has 1 fully saturated rings. The quantitative estimate of drug-likeness (QED) is 0.301. The van der Waals surface area contributed by atoms with Crippen LogP contribution in [0.3, 0.4) is 0 Å². The van der Waals surface area contributed by atoms with Gasteiger partial charge in [-0.15, -0.1) is 0 Å². The summed E-state index contributed by atoms with van der Waals surface area (Å²) in [6, 6.07) is 5.56. The molecule has 1 aromatic heterocycles. The van der Waals surface area contributed by atoms with Crippen LogP contribution >= 0.6 is 27.7 Å². The van der Waals surface area contributed by atoms with Gasteiger partial charge < -0.3 is 14.4 Å². The predicted molar refractivity (Wildman–Crippen MR) is 113 cm³/mol. The number of thioether (sulfide) groups is 1. The zero-order valence-electron chi connectivity index (χ0n) is 15.9. The van der Waals surface area contributed by atoms with E-state index in [2.05, 4.69) is 15.9 Å². The SMILES string of the molecule is CCOCCCn1c(SCCCN2CCOC2=O)nc2ccc(Br)cc2c1=O. The molecule has 0 radical (unpaired) electrons. The molecule has 0 saturated carbocycles. The minimum Gasteiger partial charge on any atom is -0.448 e. The first-order valence-corrected chi connectivity index (χ1v) is 11.2. The summed E-state index contributed by atoms with van der Waals surface area (Å²) in [6.07, 6.45) is 1.32. The van der Waals surface area contributed by atoms with Crippen LogP contribution in [0.2, 0.25) is 0 Å². The third-order valence-electron chi connectivity index (χ3n) is 4.40. The lowest BCUT2D eigenvalue weighted by molar-refractivity contribution is 0.140. The molecule has 7 nitrogen and oxygen atoms in total. The monoisotopic (exact) mass is 469 g/mol. The summed E-state index contributed by atoms with van der Waals surface area (Å²) >= 11 is 4.98. The van der Waals surface area contributed by atoms with E-state index in [-0.39, 0.29) is 11.7 Å². The highest BCUT2D eigenvalue weighted by molar-refractivity contribution is 9.10. The van der Waals surface area contributed by atoms with E-state index >= 15 is 0 Å². The Morgan fingerprint density at radius 2 is 2.14 bits per heavy atom. The third kappa shape index (κ3) is 5.27. The second kappa shape index (κ2) is 10.3. The van der Waals surface area contributed by atoms with Gasteiger partial charge in [0.1, 0.15) is 6.61 Å². The molecule has 0 N–H and O–H groups in total. The Bertz CT molecular complexity index is 889. The Kier molecular flexibility index (Phi) is 7.75. The first kappa shape index (κ1) is 21.1. The molecule has 0 aliphatic carbocycles. The summed E-state index contributed by atoms with van der Waals surface area (Å²) in [4.78, 5) is 31.0. The maximum atomic E-state index is 13.0. The minimum atomic E-state index is -0.243. The molecule has 1 amide bonds. The molecular formula is C19H24BrN3O4S. The van der Waals surface area contributed by atoms with Crippen molar-refractivity contribution in [2.45, 2.75) is 31.5 Å². The molecular weight excluding hydrogens is 446 g/mol. The number of rotatable bonds is 10. The number of carbonyl (C=O) groups excluding carboxylic acids is 1. The molecule has 152 valence electrons. The molecule has 1 aliphatic rings. The fourth-order valence-electron chi connectivity index (χ4n) is 3.00. The van der Waals surface area contributed by atoms with Gasteiger partial charge in [-0.3, -0.25) is 9.36 Å². The Labute approximate surface area is 176 Å². The predicted octanol–water partition coefficient (Wildman–Crippen LogP) is 3.52. The van der Waals surface area contributed by atoms with Crippen molar-refractivity contribution >= 4 is 44.7 Å². The van der Waals surface area contributed by atoms with Crippen LogP contribution in [0.4, 0.5) is 4.79 Å². The first-order chi connectivity index (χ1) is 13.6. The van der Waals surface area contributed by atoms with Crippen LogP contribution in [-0.2, 0) is 16.0 Å². The number of hydrogen-bond acceptors (Lipinski definition) is 6. The van der Waals surface area contributed by atoms with Crippen molar-refractivity contribution in [2.75, 3.05) is 38.7 Å². The zero-order chi connectivity index (χ0) is 19.9. The van der Waals surface area contributed by atoms with Gasteiger partial charge in [-0.25, -0.2) is 9.78 Å². The largest absolute Gasteiger partial charge is 0.448 e. The summed E-state index contributed by atoms with van der Waals surface area (Å²) in [5.74, 6) is 0.768. The Hall–Kier alpha value is -1.58. The third-order valence-corrected chi connectivity index (χ3v) is 5.96. The fourth-order valence-corrected chi connectivity index (χ4v) is 4.31. The molecule has 0 bridgehead atoms. The molecule has 1 saturated heterocycles. The van der Waals surface area contributed by atoms with E-state index in [1.54, 1.807) is 21.2 Å². The van der Waals surface area contributed by atoms with Crippen LogP contribution in [-0.4, -0.2) is 59.2 Å². The number of benzene rings is 1.